The van der Waals surface area contributed by atoms with Crippen LogP contribution in [0.2, 0.25) is 0 Å². The summed E-state index contributed by atoms with van der Waals surface area (Å²) in [5.74, 6) is -5.99. The van der Waals surface area contributed by atoms with Gasteiger partial charge in [0.25, 0.3) is 5.91 Å². The van der Waals surface area contributed by atoms with Gasteiger partial charge in [-0.1, -0.05) is 0 Å². The topological polar surface area (TPSA) is 51.0 Å². The maximum Gasteiger partial charge on any atom is 0.256 e. The van der Waals surface area contributed by atoms with Crippen molar-refractivity contribution in [1.29, 1.82) is 0 Å². The monoisotopic (exact) mass is 431 g/mol. The van der Waals surface area contributed by atoms with Crippen molar-refractivity contribution in [2.24, 2.45) is 6.98 Å². The number of hydrogen-bond donors (Lipinski definition) is 0. The summed E-state index contributed by atoms with van der Waals surface area (Å²) in [4.78, 5) is 17.2. The van der Waals surface area contributed by atoms with Crippen molar-refractivity contribution >= 4 is 16.8 Å². The second kappa shape index (κ2) is 6.90. The summed E-state index contributed by atoms with van der Waals surface area (Å²) in [6, 6.07) is 5.06. The minimum Gasteiger partial charge on any atom is -0.328 e. The molecular formula is C22H14F4N4O. The van der Waals surface area contributed by atoms with Gasteiger partial charge in [-0.15, -0.1) is 0 Å². The lowest BCUT2D eigenvalue weighted by Gasteiger charge is -2.17. The van der Waals surface area contributed by atoms with Crippen molar-refractivity contribution in [1.82, 2.24) is 19.7 Å². The molecule has 0 unspecified atom stereocenters. The summed E-state index contributed by atoms with van der Waals surface area (Å²) >= 11 is 0. The Morgan fingerprint density at radius 3 is 2.61 bits per heavy atom. The van der Waals surface area contributed by atoms with Gasteiger partial charge in [0.2, 0.25) is 0 Å². The molecule has 0 atom stereocenters. The van der Waals surface area contributed by atoms with Crippen LogP contribution in [-0.4, -0.2) is 25.6 Å². The highest BCUT2D eigenvalue weighted by molar-refractivity contribution is 5.98. The molecule has 0 saturated heterocycles. The average molecular weight is 431 g/mol. The van der Waals surface area contributed by atoms with Crippen LogP contribution in [0, 0.1) is 23.3 Å². The van der Waals surface area contributed by atoms with Gasteiger partial charge >= 0.3 is 0 Å². The molecule has 0 bridgehead atoms. The SMILES string of the molecule is [2H]C1([2H])c2ncccc2C(=O)N1Cc1c(F)cc(-c2cc(F)c(F)c3nn(C([2H])([2H])[2H])cc23)cc1F. The van der Waals surface area contributed by atoms with Gasteiger partial charge in [-0.25, -0.2) is 17.6 Å². The Balaban J connectivity index is 1.58. The van der Waals surface area contributed by atoms with Crippen LogP contribution in [0.1, 0.15) is 28.5 Å². The minimum absolute atomic E-state index is 0.0321. The summed E-state index contributed by atoms with van der Waals surface area (Å²) in [5, 5.41) is 3.37. The van der Waals surface area contributed by atoms with E-state index in [0.29, 0.717) is 15.6 Å². The van der Waals surface area contributed by atoms with Crippen LogP contribution in [0.15, 0.2) is 42.7 Å². The van der Waals surface area contributed by atoms with Crippen LogP contribution in [0.3, 0.4) is 0 Å². The number of benzene rings is 2. The highest BCUT2D eigenvalue weighted by Crippen LogP contribution is 2.34. The van der Waals surface area contributed by atoms with Gasteiger partial charge in [0, 0.05) is 34.4 Å². The molecule has 0 saturated carbocycles. The fourth-order valence-corrected chi connectivity index (χ4v) is 3.52. The van der Waals surface area contributed by atoms with Crippen molar-refractivity contribution in [3.8, 4) is 11.1 Å². The molecule has 0 N–H and O–H groups in total. The molecule has 1 amide bonds. The number of amides is 1. The van der Waals surface area contributed by atoms with Crippen LogP contribution in [0.25, 0.3) is 22.0 Å². The zero-order valence-corrected chi connectivity index (χ0v) is 15.5. The first kappa shape index (κ1) is 14.3. The summed E-state index contributed by atoms with van der Waals surface area (Å²) in [7, 11) is 0. The molecule has 0 fully saturated rings. The molecule has 3 heterocycles. The van der Waals surface area contributed by atoms with Gasteiger partial charge in [-0.05, 0) is 41.5 Å². The largest absolute Gasteiger partial charge is 0.328 e. The third kappa shape index (κ3) is 3.04. The van der Waals surface area contributed by atoms with Gasteiger partial charge in [-0.2, -0.15) is 5.10 Å². The van der Waals surface area contributed by atoms with E-state index in [-0.39, 0.29) is 27.8 Å². The molecule has 0 radical (unpaired) electrons. The Morgan fingerprint density at radius 2 is 1.90 bits per heavy atom. The normalized spacial score (nSPS) is 17.7. The number of carbonyl (C=O) groups excluding carboxylic acids is 1. The van der Waals surface area contributed by atoms with Crippen LogP contribution in [0.5, 0.6) is 0 Å². The van der Waals surface area contributed by atoms with E-state index < -0.39 is 60.3 Å². The zero-order valence-electron chi connectivity index (χ0n) is 20.5. The molecule has 1 aliphatic rings. The predicted molar refractivity (Wildman–Crippen MR) is 104 cm³/mol. The number of aromatic nitrogens is 3. The Labute approximate surface area is 180 Å². The Bertz CT molecular complexity index is 1550. The first-order valence-corrected chi connectivity index (χ1v) is 8.94. The van der Waals surface area contributed by atoms with E-state index in [4.69, 9.17) is 6.85 Å². The molecule has 0 spiro atoms. The van der Waals surface area contributed by atoms with Crippen molar-refractivity contribution in [3.05, 3.63) is 82.8 Å². The number of aryl methyl sites for hydroxylation is 1. The maximum absolute atomic E-state index is 15.1. The van der Waals surface area contributed by atoms with Crippen LogP contribution in [0.4, 0.5) is 17.6 Å². The minimum atomic E-state index is -2.81. The molecule has 2 aromatic heterocycles. The predicted octanol–water partition coefficient (Wildman–Crippen LogP) is 4.35. The van der Waals surface area contributed by atoms with Crippen molar-refractivity contribution in [2.75, 3.05) is 0 Å². The van der Waals surface area contributed by atoms with Crippen molar-refractivity contribution in [3.63, 3.8) is 0 Å². The number of nitrogens with zero attached hydrogens (tertiary/aromatic N) is 4. The summed E-state index contributed by atoms with van der Waals surface area (Å²) in [6.07, 6.45) is 2.21. The van der Waals surface area contributed by atoms with Crippen molar-refractivity contribution in [2.45, 2.75) is 13.0 Å². The second-order valence-electron chi connectivity index (χ2n) is 6.88. The zero-order chi connectivity index (χ0) is 26.2. The molecule has 9 heteroatoms. The van der Waals surface area contributed by atoms with Gasteiger partial charge in [0.1, 0.15) is 17.2 Å². The molecule has 4 aromatic rings. The van der Waals surface area contributed by atoms with Gasteiger partial charge < -0.3 is 4.90 Å². The average Bonchev–Trinajstić information content (AvgIpc) is 3.33. The maximum atomic E-state index is 15.1. The van der Waals surface area contributed by atoms with E-state index in [2.05, 4.69) is 10.1 Å². The first-order chi connectivity index (χ1) is 16.8. The number of pyridine rings is 1. The number of carbonyl (C=O) groups is 1. The van der Waals surface area contributed by atoms with Gasteiger partial charge in [0.05, 0.1) is 27.0 Å². The number of halogens is 4. The quantitative estimate of drug-likeness (QED) is 0.454. The summed E-state index contributed by atoms with van der Waals surface area (Å²) in [6.45, 7) is -6.01. The lowest BCUT2D eigenvalue weighted by atomic mass is 9.99. The van der Waals surface area contributed by atoms with Gasteiger partial charge in [-0.3, -0.25) is 14.5 Å². The third-order valence-corrected chi connectivity index (χ3v) is 4.99. The smallest absolute Gasteiger partial charge is 0.256 e. The molecule has 1 aliphatic heterocycles. The first-order valence-electron chi connectivity index (χ1n) is 11.4. The fraction of sp³-hybridized carbons (Fsp3) is 0.136. The second-order valence-corrected chi connectivity index (χ2v) is 6.88. The Hall–Kier alpha value is -3.75. The molecule has 31 heavy (non-hydrogen) atoms. The number of hydrogen-bond acceptors (Lipinski definition) is 3. The molecule has 5 nitrogen and oxygen atoms in total. The highest BCUT2D eigenvalue weighted by Gasteiger charge is 2.30. The van der Waals surface area contributed by atoms with Gasteiger partial charge in [0.15, 0.2) is 11.6 Å². The lowest BCUT2D eigenvalue weighted by Crippen LogP contribution is -2.24. The Kier molecular flexibility index (Phi) is 3.18. The van der Waals surface area contributed by atoms with E-state index in [9.17, 15) is 13.6 Å². The van der Waals surface area contributed by atoms with Crippen LogP contribution >= 0.6 is 0 Å². The molecule has 2 aromatic carbocycles. The molecule has 156 valence electrons. The third-order valence-electron chi connectivity index (χ3n) is 4.99. The summed E-state index contributed by atoms with van der Waals surface area (Å²) < 4.78 is 98.1. The Morgan fingerprint density at radius 1 is 1.13 bits per heavy atom. The van der Waals surface area contributed by atoms with E-state index in [0.717, 1.165) is 18.3 Å². The van der Waals surface area contributed by atoms with Crippen LogP contribution in [-0.2, 0) is 20.0 Å². The van der Waals surface area contributed by atoms with Crippen molar-refractivity contribution < 1.29 is 29.2 Å². The summed E-state index contributed by atoms with van der Waals surface area (Å²) in [5.41, 5.74) is -1.94. The van der Waals surface area contributed by atoms with E-state index in [1.807, 2.05) is 0 Å². The number of fused-ring (bicyclic) bond motifs is 2. The number of rotatable bonds is 3. The highest BCUT2D eigenvalue weighted by atomic mass is 19.2. The fourth-order valence-electron chi connectivity index (χ4n) is 3.52. The van der Waals surface area contributed by atoms with E-state index in [1.54, 1.807) is 0 Å². The molecular weight excluding hydrogens is 412 g/mol. The molecule has 5 rings (SSSR count). The molecule has 0 aliphatic carbocycles. The van der Waals surface area contributed by atoms with Crippen LogP contribution < -0.4 is 0 Å². The standard InChI is InChI=1S/C22H14F4N4O/c1-29-8-14-13(7-18(25)20(26)21(14)28-29)11-5-16(23)15(17(24)6-11)9-30-10-19-12(22(30)31)3-2-4-27-19/h2-8H,9-10H2,1H3/i1D3,10D2. The van der Waals surface area contributed by atoms with E-state index >= 15 is 8.78 Å². The van der Waals surface area contributed by atoms with E-state index in [1.165, 1.54) is 18.3 Å². The lowest BCUT2D eigenvalue weighted by molar-refractivity contribution is 0.0763.